The summed E-state index contributed by atoms with van der Waals surface area (Å²) in [6, 6.07) is 16.3. The number of hydrogen-bond acceptors (Lipinski definition) is 4. The van der Waals surface area contributed by atoms with Gasteiger partial charge in [-0.1, -0.05) is 39.0 Å². The van der Waals surface area contributed by atoms with Crippen molar-refractivity contribution in [3.63, 3.8) is 0 Å². The van der Waals surface area contributed by atoms with Crippen molar-refractivity contribution in [2.75, 3.05) is 5.32 Å². The molecule has 130 valence electrons. The summed E-state index contributed by atoms with van der Waals surface area (Å²) in [5, 5.41) is 3.31. The van der Waals surface area contributed by atoms with E-state index in [0.29, 0.717) is 5.95 Å². The molecule has 0 atom stereocenters. The summed E-state index contributed by atoms with van der Waals surface area (Å²) < 4.78 is 0. The van der Waals surface area contributed by atoms with Gasteiger partial charge in [-0.25, -0.2) is 15.0 Å². The Bertz CT molecular complexity index is 1060. The van der Waals surface area contributed by atoms with Gasteiger partial charge in [-0.2, -0.15) is 0 Å². The molecule has 0 aliphatic heterocycles. The van der Waals surface area contributed by atoms with Crippen LogP contribution in [-0.2, 0) is 5.41 Å². The highest BCUT2D eigenvalue weighted by molar-refractivity contribution is 5.80. The molecule has 4 aromatic rings. The average molecular weight is 343 g/mol. The first-order chi connectivity index (χ1) is 12.5. The van der Waals surface area contributed by atoms with Crippen LogP contribution in [0.5, 0.6) is 0 Å². The standard InChI is InChI=1S/C21H21N5/c1-21(2,3)15-5-4-6-16(12-15)25-20-22-10-9-17(26-20)14-7-8-18-19(11-14)24-13-23-18/h4-13H,1-3H3,(H,23,24)(H,22,25,26). The molecule has 2 heterocycles. The number of fused-ring (bicyclic) bond motifs is 1. The molecule has 2 aromatic carbocycles. The predicted octanol–water partition coefficient (Wildman–Crippen LogP) is 5.06. The summed E-state index contributed by atoms with van der Waals surface area (Å²) in [4.78, 5) is 16.4. The fourth-order valence-corrected chi connectivity index (χ4v) is 2.86. The SMILES string of the molecule is CC(C)(C)c1cccc(Nc2nccc(-c3ccc4[nH]cnc4c3)n2)c1. The summed E-state index contributed by atoms with van der Waals surface area (Å²) in [6.45, 7) is 6.61. The quantitative estimate of drug-likeness (QED) is 0.545. The van der Waals surface area contributed by atoms with Gasteiger partial charge in [0.05, 0.1) is 23.1 Å². The zero-order chi connectivity index (χ0) is 18.1. The lowest BCUT2D eigenvalue weighted by Gasteiger charge is -2.19. The van der Waals surface area contributed by atoms with Crippen LogP contribution in [0.25, 0.3) is 22.3 Å². The second kappa shape index (κ2) is 6.26. The number of anilines is 2. The third-order valence-electron chi connectivity index (χ3n) is 4.36. The van der Waals surface area contributed by atoms with E-state index in [0.717, 1.165) is 28.0 Å². The van der Waals surface area contributed by atoms with Crippen LogP contribution < -0.4 is 5.32 Å². The number of rotatable bonds is 3. The Morgan fingerprint density at radius 2 is 1.85 bits per heavy atom. The highest BCUT2D eigenvalue weighted by Gasteiger charge is 2.14. The van der Waals surface area contributed by atoms with E-state index >= 15 is 0 Å². The maximum Gasteiger partial charge on any atom is 0.227 e. The van der Waals surface area contributed by atoms with Crippen molar-refractivity contribution >= 4 is 22.7 Å². The van der Waals surface area contributed by atoms with Crippen LogP contribution in [0.3, 0.4) is 0 Å². The second-order valence-electron chi connectivity index (χ2n) is 7.36. The zero-order valence-corrected chi connectivity index (χ0v) is 15.1. The Balaban J connectivity index is 1.64. The molecule has 0 aliphatic rings. The van der Waals surface area contributed by atoms with Gasteiger partial charge in [0.2, 0.25) is 5.95 Å². The van der Waals surface area contributed by atoms with Crippen molar-refractivity contribution < 1.29 is 0 Å². The van der Waals surface area contributed by atoms with Crippen LogP contribution in [0, 0.1) is 0 Å². The monoisotopic (exact) mass is 343 g/mol. The Morgan fingerprint density at radius 3 is 2.69 bits per heavy atom. The summed E-state index contributed by atoms with van der Waals surface area (Å²) in [7, 11) is 0. The molecule has 0 bridgehead atoms. The van der Waals surface area contributed by atoms with Gasteiger partial charge in [-0.05, 0) is 41.3 Å². The third-order valence-corrected chi connectivity index (χ3v) is 4.36. The van der Waals surface area contributed by atoms with Gasteiger partial charge in [-0.3, -0.25) is 0 Å². The molecule has 0 unspecified atom stereocenters. The fraction of sp³-hybridized carbons (Fsp3) is 0.190. The molecule has 0 saturated heterocycles. The van der Waals surface area contributed by atoms with Crippen molar-refractivity contribution in [3.8, 4) is 11.3 Å². The molecular weight excluding hydrogens is 322 g/mol. The number of imidazole rings is 1. The van der Waals surface area contributed by atoms with Crippen molar-refractivity contribution in [1.29, 1.82) is 0 Å². The van der Waals surface area contributed by atoms with Crippen molar-refractivity contribution in [2.45, 2.75) is 26.2 Å². The normalized spacial score (nSPS) is 11.7. The molecule has 4 rings (SSSR count). The maximum atomic E-state index is 4.66. The van der Waals surface area contributed by atoms with Crippen molar-refractivity contribution in [1.82, 2.24) is 19.9 Å². The van der Waals surface area contributed by atoms with E-state index in [1.807, 2.05) is 30.3 Å². The van der Waals surface area contributed by atoms with Crippen LogP contribution >= 0.6 is 0 Å². The number of H-pyrrole nitrogens is 1. The van der Waals surface area contributed by atoms with E-state index in [2.05, 4.69) is 64.2 Å². The van der Waals surface area contributed by atoms with Gasteiger partial charge in [0.1, 0.15) is 0 Å². The molecule has 0 fully saturated rings. The highest BCUT2D eigenvalue weighted by atomic mass is 15.1. The molecule has 2 aromatic heterocycles. The minimum Gasteiger partial charge on any atom is -0.345 e. The number of benzene rings is 2. The van der Waals surface area contributed by atoms with Crippen LogP contribution in [0.1, 0.15) is 26.3 Å². The summed E-state index contributed by atoms with van der Waals surface area (Å²) in [6.07, 6.45) is 3.47. The summed E-state index contributed by atoms with van der Waals surface area (Å²) in [5.74, 6) is 0.579. The second-order valence-corrected chi connectivity index (χ2v) is 7.36. The number of nitrogens with one attached hydrogen (secondary N) is 2. The van der Waals surface area contributed by atoms with E-state index in [-0.39, 0.29) is 5.41 Å². The lowest BCUT2D eigenvalue weighted by molar-refractivity contribution is 0.590. The molecule has 26 heavy (non-hydrogen) atoms. The van der Waals surface area contributed by atoms with Crippen LogP contribution in [0.4, 0.5) is 11.6 Å². The first kappa shape index (κ1) is 16.3. The van der Waals surface area contributed by atoms with Crippen LogP contribution in [0.2, 0.25) is 0 Å². The van der Waals surface area contributed by atoms with Gasteiger partial charge in [0.25, 0.3) is 0 Å². The minimum atomic E-state index is 0.0966. The van der Waals surface area contributed by atoms with Crippen molar-refractivity contribution in [2.24, 2.45) is 0 Å². The zero-order valence-electron chi connectivity index (χ0n) is 15.1. The minimum absolute atomic E-state index is 0.0966. The maximum absolute atomic E-state index is 4.66. The lowest BCUT2D eigenvalue weighted by Crippen LogP contribution is -2.11. The molecule has 0 spiro atoms. The molecule has 0 aliphatic carbocycles. The van der Waals surface area contributed by atoms with Crippen molar-refractivity contribution in [3.05, 3.63) is 66.6 Å². The van der Waals surface area contributed by atoms with Gasteiger partial charge in [0.15, 0.2) is 0 Å². The van der Waals surface area contributed by atoms with Gasteiger partial charge in [0, 0.05) is 17.4 Å². The first-order valence-corrected chi connectivity index (χ1v) is 8.63. The van der Waals surface area contributed by atoms with Gasteiger partial charge >= 0.3 is 0 Å². The molecule has 0 radical (unpaired) electrons. The lowest BCUT2D eigenvalue weighted by atomic mass is 9.87. The van der Waals surface area contributed by atoms with E-state index in [1.165, 1.54) is 5.56 Å². The molecule has 5 heteroatoms. The number of aromatic amines is 1. The van der Waals surface area contributed by atoms with E-state index in [4.69, 9.17) is 0 Å². The Morgan fingerprint density at radius 1 is 0.962 bits per heavy atom. The number of nitrogens with zero attached hydrogens (tertiary/aromatic N) is 3. The summed E-state index contributed by atoms with van der Waals surface area (Å²) in [5.41, 5.74) is 6.16. The molecule has 0 saturated carbocycles. The predicted molar refractivity (Wildman–Crippen MR) is 106 cm³/mol. The first-order valence-electron chi connectivity index (χ1n) is 8.63. The molecular formula is C21H21N5. The van der Waals surface area contributed by atoms with E-state index in [1.54, 1.807) is 12.5 Å². The number of hydrogen-bond donors (Lipinski definition) is 2. The summed E-state index contributed by atoms with van der Waals surface area (Å²) >= 11 is 0. The Kier molecular flexibility index (Phi) is 3.92. The Labute approximate surface area is 152 Å². The van der Waals surface area contributed by atoms with Crippen LogP contribution in [-0.4, -0.2) is 19.9 Å². The third kappa shape index (κ3) is 3.28. The van der Waals surface area contributed by atoms with Gasteiger partial charge in [-0.15, -0.1) is 0 Å². The molecule has 5 nitrogen and oxygen atoms in total. The van der Waals surface area contributed by atoms with Gasteiger partial charge < -0.3 is 10.3 Å². The molecule has 2 N–H and O–H groups in total. The highest BCUT2D eigenvalue weighted by Crippen LogP contribution is 2.26. The van der Waals surface area contributed by atoms with E-state index < -0.39 is 0 Å². The number of aromatic nitrogens is 4. The Hall–Kier alpha value is -3.21. The fourth-order valence-electron chi connectivity index (χ4n) is 2.86. The smallest absolute Gasteiger partial charge is 0.227 e. The van der Waals surface area contributed by atoms with Crippen LogP contribution in [0.15, 0.2) is 61.1 Å². The largest absolute Gasteiger partial charge is 0.345 e. The van der Waals surface area contributed by atoms with E-state index in [9.17, 15) is 0 Å². The topological polar surface area (TPSA) is 66.5 Å². The molecule has 0 amide bonds. The average Bonchev–Trinajstić information content (AvgIpc) is 3.09.